The van der Waals surface area contributed by atoms with Gasteiger partial charge < -0.3 is 14.5 Å². The highest BCUT2D eigenvalue weighted by atomic mass is 16.5. The molecule has 2 aromatic carbocycles. The predicted molar refractivity (Wildman–Crippen MR) is 173 cm³/mol. The van der Waals surface area contributed by atoms with Crippen LogP contribution in [-0.2, 0) is 15.6 Å². The Labute approximate surface area is 247 Å². The third kappa shape index (κ3) is 4.61. The Morgan fingerprint density at radius 1 is 0.683 bits per heavy atom. The van der Waals surface area contributed by atoms with Crippen LogP contribution in [0.15, 0.2) is 83.2 Å². The molecule has 6 rings (SSSR count). The third-order valence-corrected chi connectivity index (χ3v) is 9.86. The quantitative estimate of drug-likeness (QED) is 0.366. The van der Waals surface area contributed by atoms with Crippen molar-refractivity contribution in [2.24, 2.45) is 0 Å². The molecule has 3 aliphatic heterocycles. The standard InChI is InChI=1S/C37H46N3O/c1-25-9-15-31-29(23-25)36(3,4)33(38(31)7)17-13-27-11-12-28(35(27)40-19-21-41-22-20-40)14-18-34-37(5,6)30-24-26(2)10-16-32(30)39(34)8/h9-10,13-18,23-24H,11-12,19-22H2,1-8H3/q+1. The van der Waals surface area contributed by atoms with Crippen LogP contribution in [0, 0.1) is 13.8 Å². The first-order valence-corrected chi connectivity index (χ1v) is 15.2. The minimum Gasteiger partial charge on any atom is -0.368 e. The zero-order valence-electron chi connectivity index (χ0n) is 26.3. The second-order valence-corrected chi connectivity index (χ2v) is 13.3. The molecule has 0 atom stereocenters. The molecule has 1 saturated heterocycles. The van der Waals surface area contributed by atoms with Crippen molar-refractivity contribution in [1.82, 2.24) is 0 Å². The minimum atomic E-state index is -0.0278. The van der Waals surface area contributed by atoms with Crippen LogP contribution in [-0.4, -0.2) is 50.7 Å². The largest absolute Gasteiger partial charge is 0.368 e. The number of nitrogens with zero attached hydrogens (tertiary/aromatic N) is 3. The number of morpholine rings is 1. The molecule has 0 aromatic heterocycles. The molecule has 0 N–H and O–H groups in total. The van der Waals surface area contributed by atoms with E-state index in [2.05, 4.69) is 131 Å². The van der Waals surface area contributed by atoms with E-state index in [0.717, 1.165) is 39.1 Å². The lowest BCUT2D eigenvalue weighted by atomic mass is 9.83. The van der Waals surface area contributed by atoms with E-state index < -0.39 is 0 Å². The number of allylic oxidation sites excluding steroid dienone is 8. The van der Waals surface area contributed by atoms with Gasteiger partial charge in [0.25, 0.3) is 0 Å². The van der Waals surface area contributed by atoms with E-state index in [1.165, 1.54) is 61.9 Å². The van der Waals surface area contributed by atoms with Crippen molar-refractivity contribution in [3.63, 3.8) is 0 Å². The minimum absolute atomic E-state index is 0.0278. The van der Waals surface area contributed by atoms with E-state index >= 15 is 0 Å². The molecule has 214 valence electrons. The van der Waals surface area contributed by atoms with E-state index in [4.69, 9.17) is 4.74 Å². The number of anilines is 2. The zero-order valence-corrected chi connectivity index (χ0v) is 26.3. The summed E-state index contributed by atoms with van der Waals surface area (Å²) in [4.78, 5) is 4.77. The molecule has 1 saturated carbocycles. The summed E-state index contributed by atoms with van der Waals surface area (Å²) >= 11 is 0. The van der Waals surface area contributed by atoms with Crippen LogP contribution in [0.3, 0.4) is 0 Å². The first-order valence-electron chi connectivity index (χ1n) is 15.2. The highest BCUT2D eigenvalue weighted by Gasteiger charge is 2.40. The van der Waals surface area contributed by atoms with Gasteiger partial charge in [-0.05, 0) is 62.1 Å². The fraction of sp³-hybridized carbons (Fsp3) is 0.432. The second kappa shape index (κ2) is 10.2. The van der Waals surface area contributed by atoms with Gasteiger partial charge >= 0.3 is 0 Å². The molecular weight excluding hydrogens is 502 g/mol. The van der Waals surface area contributed by atoms with Gasteiger partial charge in [-0.1, -0.05) is 75.2 Å². The Morgan fingerprint density at radius 2 is 1.12 bits per heavy atom. The molecule has 2 aromatic rings. The summed E-state index contributed by atoms with van der Waals surface area (Å²) in [5.74, 6) is 0. The first-order chi connectivity index (χ1) is 19.5. The van der Waals surface area contributed by atoms with Crippen molar-refractivity contribution in [2.75, 3.05) is 50.2 Å². The predicted octanol–water partition coefficient (Wildman–Crippen LogP) is 7.36. The second-order valence-electron chi connectivity index (χ2n) is 13.3. The fourth-order valence-electron chi connectivity index (χ4n) is 7.49. The number of benzene rings is 2. The lowest BCUT2D eigenvalue weighted by Crippen LogP contribution is -2.33. The topological polar surface area (TPSA) is 18.7 Å². The molecule has 0 bridgehead atoms. The van der Waals surface area contributed by atoms with Crippen molar-refractivity contribution in [1.29, 1.82) is 0 Å². The highest BCUT2D eigenvalue weighted by Crippen LogP contribution is 2.48. The van der Waals surface area contributed by atoms with Crippen LogP contribution in [0.4, 0.5) is 11.4 Å². The third-order valence-electron chi connectivity index (χ3n) is 9.86. The van der Waals surface area contributed by atoms with Gasteiger partial charge in [-0.25, -0.2) is 4.58 Å². The summed E-state index contributed by atoms with van der Waals surface area (Å²) in [7, 11) is 4.43. The number of hydrogen-bond acceptors (Lipinski definition) is 3. The lowest BCUT2D eigenvalue weighted by Gasteiger charge is -2.24. The Hall–Kier alpha value is -3.37. The number of rotatable bonds is 2. The summed E-state index contributed by atoms with van der Waals surface area (Å²) in [6.07, 6.45) is 11.7. The Kier molecular flexibility index (Phi) is 6.89. The summed E-state index contributed by atoms with van der Waals surface area (Å²) in [5.41, 5.74) is 15.1. The molecule has 4 heteroatoms. The molecule has 4 aliphatic rings. The average Bonchev–Trinajstić information content (AvgIpc) is 3.49. The number of likely N-dealkylation sites (N-methyl/N-ethyl adjacent to an activating group) is 2. The fourth-order valence-corrected chi connectivity index (χ4v) is 7.49. The van der Waals surface area contributed by atoms with Gasteiger partial charge in [0.2, 0.25) is 5.71 Å². The Balaban J connectivity index is 1.38. The molecule has 0 radical (unpaired) electrons. The number of fused-ring (bicyclic) bond motifs is 2. The zero-order chi connectivity index (χ0) is 29.1. The van der Waals surface area contributed by atoms with Crippen LogP contribution in [0.2, 0.25) is 0 Å². The van der Waals surface area contributed by atoms with Gasteiger partial charge in [-0.3, -0.25) is 0 Å². The lowest BCUT2D eigenvalue weighted by molar-refractivity contribution is -0.548. The molecule has 3 heterocycles. The molecule has 0 spiro atoms. The smallest absolute Gasteiger partial charge is 0.206 e. The van der Waals surface area contributed by atoms with Crippen LogP contribution >= 0.6 is 0 Å². The summed E-state index contributed by atoms with van der Waals surface area (Å²) in [5, 5.41) is 0. The molecule has 1 aliphatic carbocycles. The van der Waals surface area contributed by atoms with Gasteiger partial charge in [0.15, 0.2) is 13.1 Å². The van der Waals surface area contributed by atoms with E-state index in [0.29, 0.717) is 0 Å². The number of hydrogen-bond donors (Lipinski definition) is 0. The van der Waals surface area contributed by atoms with Crippen LogP contribution < -0.4 is 9.80 Å². The molecule has 2 fully saturated rings. The molecular formula is C37H46N3O+. The first kappa shape index (κ1) is 27.8. The summed E-state index contributed by atoms with van der Waals surface area (Å²) in [6.45, 7) is 17.3. The van der Waals surface area contributed by atoms with Crippen molar-refractivity contribution in [3.8, 4) is 0 Å². The number of aryl methyl sites for hydroxylation is 2. The summed E-state index contributed by atoms with van der Waals surface area (Å²) in [6, 6.07) is 13.7. The molecule has 0 unspecified atom stereocenters. The Bertz CT molecular complexity index is 1450. The van der Waals surface area contributed by atoms with E-state index in [9.17, 15) is 0 Å². The molecule has 4 nitrogen and oxygen atoms in total. The maximum atomic E-state index is 5.75. The Morgan fingerprint density at radius 3 is 1.56 bits per heavy atom. The van der Waals surface area contributed by atoms with Crippen LogP contribution in [0.1, 0.15) is 62.8 Å². The van der Waals surface area contributed by atoms with Gasteiger partial charge in [-0.15, -0.1) is 0 Å². The van der Waals surface area contributed by atoms with Crippen molar-refractivity contribution >= 4 is 17.1 Å². The van der Waals surface area contributed by atoms with Gasteiger partial charge in [0, 0.05) is 58.8 Å². The SMILES string of the molecule is Cc1ccc2c(c1)C(C)(C)C(=CC=C1CC/C(=C\C=C3\N(C)c4ccc(C)cc4C3(C)C)C1=[N+]1CCOCC1)N2C. The van der Waals surface area contributed by atoms with Gasteiger partial charge in [-0.2, -0.15) is 0 Å². The van der Waals surface area contributed by atoms with E-state index in [1.807, 2.05) is 0 Å². The molecule has 41 heavy (non-hydrogen) atoms. The van der Waals surface area contributed by atoms with Crippen LogP contribution in [0.5, 0.6) is 0 Å². The van der Waals surface area contributed by atoms with Crippen LogP contribution in [0.25, 0.3) is 0 Å². The maximum Gasteiger partial charge on any atom is 0.206 e. The molecule has 0 amide bonds. The van der Waals surface area contributed by atoms with E-state index in [1.54, 1.807) is 0 Å². The van der Waals surface area contributed by atoms with E-state index in [-0.39, 0.29) is 10.8 Å². The number of ether oxygens (including phenoxy) is 1. The van der Waals surface area contributed by atoms with Gasteiger partial charge in [0.05, 0.1) is 0 Å². The van der Waals surface area contributed by atoms with Crippen molar-refractivity contribution < 1.29 is 9.31 Å². The maximum absolute atomic E-state index is 5.75. The normalized spacial score (nSPS) is 25.3. The van der Waals surface area contributed by atoms with Crippen molar-refractivity contribution in [3.05, 3.63) is 105 Å². The average molecular weight is 549 g/mol. The monoisotopic (exact) mass is 548 g/mol. The highest BCUT2D eigenvalue weighted by molar-refractivity contribution is 6.12. The van der Waals surface area contributed by atoms with Crippen molar-refractivity contribution in [2.45, 2.75) is 65.2 Å². The summed E-state index contributed by atoms with van der Waals surface area (Å²) < 4.78 is 8.32. The van der Waals surface area contributed by atoms with Gasteiger partial charge in [0.1, 0.15) is 13.2 Å².